The van der Waals surface area contributed by atoms with Crippen molar-refractivity contribution in [1.82, 2.24) is 5.43 Å². The minimum atomic E-state index is -0.354. The van der Waals surface area contributed by atoms with Crippen molar-refractivity contribution in [2.45, 2.75) is 6.04 Å². The predicted octanol–water partition coefficient (Wildman–Crippen LogP) is 4.91. The topological polar surface area (TPSA) is 38.0 Å². The molecule has 0 bridgehead atoms. The summed E-state index contributed by atoms with van der Waals surface area (Å²) < 4.78 is 1.16. The summed E-state index contributed by atoms with van der Waals surface area (Å²) >= 11 is 25.5. The summed E-state index contributed by atoms with van der Waals surface area (Å²) in [6.07, 6.45) is 0. The van der Waals surface area contributed by atoms with Gasteiger partial charge in [0.25, 0.3) is 0 Å². The molecule has 0 aliphatic rings. The van der Waals surface area contributed by atoms with Crippen LogP contribution in [-0.2, 0) is 0 Å². The Morgan fingerprint density at radius 2 is 1.83 bits per heavy atom. The fraction of sp³-hybridized carbons (Fsp3) is 0.0909. The minimum Gasteiger partial charge on any atom is -0.271 e. The van der Waals surface area contributed by atoms with Crippen molar-refractivity contribution in [3.63, 3.8) is 0 Å². The van der Waals surface area contributed by atoms with Crippen molar-refractivity contribution in [2.24, 2.45) is 5.84 Å². The highest BCUT2D eigenvalue weighted by Crippen LogP contribution is 2.40. The van der Waals surface area contributed by atoms with Crippen LogP contribution in [0.2, 0.25) is 18.7 Å². The quantitative estimate of drug-likeness (QED) is 0.614. The van der Waals surface area contributed by atoms with Gasteiger partial charge < -0.3 is 0 Å². The third-order valence-electron chi connectivity index (χ3n) is 2.45. The van der Waals surface area contributed by atoms with Gasteiger partial charge in [0.2, 0.25) is 0 Å². The average molecular weight is 342 g/mol. The molecule has 0 saturated carbocycles. The standard InChI is InChI=1S/C11H8Cl4N2S/c12-7-3-1-2-5(9(7)14)10(17-16)6-4-8(13)18-11(6)15/h1-4,10,17H,16H2. The Hall–Kier alpha value is -0.000000000000000111. The second-order valence-electron chi connectivity index (χ2n) is 3.52. The second-order valence-corrected chi connectivity index (χ2v) is 6.59. The van der Waals surface area contributed by atoms with E-state index in [1.807, 2.05) is 6.07 Å². The smallest absolute Gasteiger partial charge is 0.0995 e. The van der Waals surface area contributed by atoms with Gasteiger partial charge in [0.1, 0.15) is 0 Å². The predicted molar refractivity (Wildman–Crippen MR) is 80.0 cm³/mol. The van der Waals surface area contributed by atoms with Gasteiger partial charge in [0.05, 0.1) is 24.8 Å². The Balaban J connectivity index is 2.52. The van der Waals surface area contributed by atoms with Gasteiger partial charge in [-0.15, -0.1) is 11.3 Å². The first kappa shape index (κ1) is 14.4. The first-order valence-corrected chi connectivity index (χ1v) is 7.22. The van der Waals surface area contributed by atoms with E-state index >= 15 is 0 Å². The van der Waals surface area contributed by atoms with Gasteiger partial charge in [-0.25, -0.2) is 5.43 Å². The van der Waals surface area contributed by atoms with Gasteiger partial charge in [0.15, 0.2) is 0 Å². The molecular formula is C11H8Cl4N2S. The van der Waals surface area contributed by atoms with E-state index < -0.39 is 0 Å². The van der Waals surface area contributed by atoms with Crippen LogP contribution in [-0.4, -0.2) is 0 Å². The van der Waals surface area contributed by atoms with Crippen molar-refractivity contribution in [2.75, 3.05) is 0 Å². The summed E-state index contributed by atoms with van der Waals surface area (Å²) in [6, 6.07) is 6.75. The highest BCUT2D eigenvalue weighted by atomic mass is 35.5. The zero-order valence-corrected chi connectivity index (χ0v) is 12.7. The Morgan fingerprint density at radius 1 is 1.11 bits per heavy atom. The number of nitrogens with two attached hydrogens (primary N) is 1. The van der Waals surface area contributed by atoms with Gasteiger partial charge >= 0.3 is 0 Å². The molecule has 0 saturated heterocycles. The van der Waals surface area contributed by atoms with E-state index in [2.05, 4.69) is 5.43 Å². The highest BCUT2D eigenvalue weighted by molar-refractivity contribution is 7.20. The SMILES string of the molecule is NNC(c1cc(Cl)sc1Cl)c1cccc(Cl)c1Cl. The van der Waals surface area contributed by atoms with Crippen LogP contribution in [0.1, 0.15) is 17.2 Å². The zero-order valence-electron chi connectivity index (χ0n) is 8.88. The van der Waals surface area contributed by atoms with Crippen molar-refractivity contribution in [3.05, 3.63) is 54.1 Å². The lowest BCUT2D eigenvalue weighted by Gasteiger charge is -2.17. The van der Waals surface area contributed by atoms with Gasteiger partial charge in [0, 0.05) is 5.56 Å². The fourth-order valence-corrected chi connectivity index (χ4v) is 3.59. The van der Waals surface area contributed by atoms with Crippen molar-refractivity contribution >= 4 is 57.7 Å². The molecule has 7 heteroatoms. The van der Waals surface area contributed by atoms with E-state index in [9.17, 15) is 0 Å². The van der Waals surface area contributed by atoms with Gasteiger partial charge in [-0.2, -0.15) is 0 Å². The third-order valence-corrected chi connectivity index (χ3v) is 4.80. The Bertz CT molecular complexity index is 570. The molecule has 1 aromatic carbocycles. The molecule has 2 aromatic rings. The fourth-order valence-electron chi connectivity index (χ4n) is 1.64. The molecule has 0 aliphatic carbocycles. The normalized spacial score (nSPS) is 12.7. The first-order chi connectivity index (χ1) is 8.54. The number of halogens is 4. The van der Waals surface area contributed by atoms with Gasteiger partial charge in [-0.3, -0.25) is 5.84 Å². The summed E-state index contributed by atoms with van der Waals surface area (Å²) in [6.45, 7) is 0. The molecule has 0 aliphatic heterocycles. The number of thiophene rings is 1. The monoisotopic (exact) mass is 340 g/mol. The van der Waals surface area contributed by atoms with Crippen LogP contribution in [0.4, 0.5) is 0 Å². The van der Waals surface area contributed by atoms with Gasteiger partial charge in [-0.1, -0.05) is 58.5 Å². The summed E-state index contributed by atoms with van der Waals surface area (Å²) in [5, 5.41) is 0.910. The molecule has 0 amide bonds. The minimum absolute atomic E-state index is 0.354. The molecule has 96 valence electrons. The lowest BCUT2D eigenvalue weighted by molar-refractivity contribution is 0.639. The first-order valence-electron chi connectivity index (χ1n) is 4.89. The number of benzene rings is 1. The number of hydrogen-bond acceptors (Lipinski definition) is 3. The number of rotatable bonds is 3. The lowest BCUT2D eigenvalue weighted by Crippen LogP contribution is -2.29. The van der Waals surface area contributed by atoms with Crippen molar-refractivity contribution in [1.29, 1.82) is 0 Å². The molecule has 1 atom stereocenters. The molecule has 1 aromatic heterocycles. The maximum atomic E-state index is 6.18. The summed E-state index contributed by atoms with van der Waals surface area (Å²) in [4.78, 5) is 0. The number of hydrazine groups is 1. The van der Waals surface area contributed by atoms with E-state index in [1.165, 1.54) is 11.3 Å². The number of nitrogens with one attached hydrogen (secondary N) is 1. The van der Waals surface area contributed by atoms with E-state index in [1.54, 1.807) is 18.2 Å². The van der Waals surface area contributed by atoms with Crippen molar-refractivity contribution < 1.29 is 0 Å². The Morgan fingerprint density at radius 3 is 2.39 bits per heavy atom. The second kappa shape index (κ2) is 5.97. The van der Waals surface area contributed by atoms with E-state index in [0.717, 1.165) is 11.1 Å². The maximum absolute atomic E-state index is 6.18. The summed E-state index contributed by atoms with van der Waals surface area (Å²) in [5.74, 6) is 5.59. The van der Waals surface area contributed by atoms with Crippen LogP contribution in [0.5, 0.6) is 0 Å². The van der Waals surface area contributed by atoms with Crippen LogP contribution in [0.15, 0.2) is 24.3 Å². The molecule has 1 unspecified atom stereocenters. The van der Waals surface area contributed by atoms with Crippen LogP contribution in [0.3, 0.4) is 0 Å². The largest absolute Gasteiger partial charge is 0.271 e. The molecular weight excluding hydrogens is 334 g/mol. The highest BCUT2D eigenvalue weighted by Gasteiger charge is 2.21. The molecule has 0 radical (unpaired) electrons. The average Bonchev–Trinajstić information content (AvgIpc) is 2.65. The molecule has 1 heterocycles. The molecule has 18 heavy (non-hydrogen) atoms. The van der Waals surface area contributed by atoms with E-state index in [0.29, 0.717) is 18.7 Å². The number of hydrogen-bond donors (Lipinski definition) is 2. The molecule has 2 nitrogen and oxygen atoms in total. The van der Waals surface area contributed by atoms with Crippen LogP contribution >= 0.6 is 57.7 Å². The van der Waals surface area contributed by atoms with Crippen LogP contribution in [0, 0.1) is 0 Å². The molecule has 3 N–H and O–H groups in total. The van der Waals surface area contributed by atoms with Gasteiger partial charge in [-0.05, 0) is 17.7 Å². The summed E-state index contributed by atoms with van der Waals surface area (Å²) in [5.41, 5.74) is 4.21. The van der Waals surface area contributed by atoms with Crippen LogP contribution in [0.25, 0.3) is 0 Å². The Kier molecular flexibility index (Phi) is 4.78. The van der Waals surface area contributed by atoms with E-state index in [-0.39, 0.29) is 6.04 Å². The van der Waals surface area contributed by atoms with E-state index in [4.69, 9.17) is 52.2 Å². The molecule has 0 fully saturated rings. The molecule has 2 rings (SSSR count). The zero-order chi connectivity index (χ0) is 13.3. The molecule has 0 spiro atoms. The van der Waals surface area contributed by atoms with Crippen LogP contribution < -0.4 is 11.3 Å². The summed E-state index contributed by atoms with van der Waals surface area (Å²) in [7, 11) is 0. The third kappa shape index (κ3) is 2.78. The maximum Gasteiger partial charge on any atom is 0.0995 e. The van der Waals surface area contributed by atoms with Crippen molar-refractivity contribution in [3.8, 4) is 0 Å². The Labute approximate surface area is 129 Å². The lowest BCUT2D eigenvalue weighted by atomic mass is 10.0.